The zero-order valence-corrected chi connectivity index (χ0v) is 18.9. The van der Waals surface area contributed by atoms with E-state index in [1.165, 1.54) is 22.3 Å². The second-order valence-electron chi connectivity index (χ2n) is 6.02. The van der Waals surface area contributed by atoms with E-state index in [4.69, 9.17) is 0 Å². The predicted molar refractivity (Wildman–Crippen MR) is 100 cm³/mol. The second-order valence-corrected chi connectivity index (χ2v) is 6.02. The molecular formula is C24H19Cl3Ti. The average Bonchev–Trinajstić information content (AvgIpc) is 3.20. The number of benzene rings is 3. The molecule has 4 aromatic carbocycles. The molecule has 28 heavy (non-hydrogen) atoms. The number of rotatable bonds is 4. The van der Waals surface area contributed by atoms with Crippen LogP contribution < -0.4 is 37.2 Å². The summed E-state index contributed by atoms with van der Waals surface area (Å²) in [5.41, 5.74) is 4.86. The quantitative estimate of drug-likeness (QED) is 0.171. The van der Waals surface area contributed by atoms with E-state index in [1.54, 1.807) is 0 Å². The van der Waals surface area contributed by atoms with Crippen LogP contribution in [-0.2, 0) is 27.1 Å². The fourth-order valence-electron chi connectivity index (χ4n) is 3.69. The molecule has 0 aromatic heterocycles. The Morgan fingerprint density at radius 1 is 0.429 bits per heavy atom. The minimum atomic E-state index is -0.298. The molecule has 0 fully saturated rings. The van der Waals surface area contributed by atoms with Gasteiger partial charge in [0.25, 0.3) is 0 Å². The Balaban J connectivity index is 0.00000182. The van der Waals surface area contributed by atoms with Crippen LogP contribution in [0.4, 0.5) is 0 Å². The first-order valence-corrected chi connectivity index (χ1v) is 8.31. The largest absolute Gasteiger partial charge is 4.00 e. The summed E-state index contributed by atoms with van der Waals surface area (Å²) in [6.45, 7) is 0. The van der Waals surface area contributed by atoms with Gasteiger partial charge in [-0.15, -0.1) is 5.56 Å². The SMILES string of the molecule is [Cl-].[Cl-].[Cl-].[Ti+4].c1ccc(C(c2ccccc2)(c2ccccc2)[c-]2cccc2)cc1. The molecule has 0 nitrogen and oxygen atoms in total. The molecule has 0 saturated heterocycles. The van der Waals surface area contributed by atoms with Crippen molar-refractivity contribution in [2.45, 2.75) is 5.41 Å². The third kappa shape index (κ3) is 4.77. The molecule has 140 valence electrons. The molecule has 0 N–H and O–H groups in total. The Labute approximate surface area is 200 Å². The van der Waals surface area contributed by atoms with Crippen LogP contribution in [0, 0.1) is 0 Å². The topological polar surface area (TPSA) is 0 Å². The van der Waals surface area contributed by atoms with Gasteiger partial charge in [-0.2, -0.15) is 12.1 Å². The fourth-order valence-corrected chi connectivity index (χ4v) is 3.69. The van der Waals surface area contributed by atoms with Crippen LogP contribution in [0.15, 0.2) is 115 Å². The van der Waals surface area contributed by atoms with Crippen LogP contribution in [0.3, 0.4) is 0 Å². The molecule has 4 rings (SSSR count). The van der Waals surface area contributed by atoms with E-state index in [-0.39, 0.29) is 64.4 Å². The van der Waals surface area contributed by atoms with Crippen LogP contribution in [0.2, 0.25) is 0 Å². The fraction of sp³-hybridized carbons (Fsp3) is 0.0417. The van der Waals surface area contributed by atoms with E-state index in [0.29, 0.717) is 0 Å². The van der Waals surface area contributed by atoms with Crippen molar-refractivity contribution in [1.29, 1.82) is 0 Å². The molecule has 0 amide bonds. The maximum absolute atomic E-state index is 2.23. The third-order valence-corrected chi connectivity index (χ3v) is 4.72. The average molecular weight is 462 g/mol. The summed E-state index contributed by atoms with van der Waals surface area (Å²) in [6, 6.07) is 41.1. The Morgan fingerprint density at radius 2 is 0.714 bits per heavy atom. The summed E-state index contributed by atoms with van der Waals surface area (Å²) in [7, 11) is 0. The van der Waals surface area contributed by atoms with Gasteiger partial charge in [-0.3, -0.25) is 0 Å². The molecule has 0 spiro atoms. The Hall–Kier alpha value is -1.41. The standard InChI is InChI=1S/C24H19.3ClH.Ti/c1-4-12-20(13-5-1)24(23-18-10-11-19-23,21-14-6-2-7-15-21)22-16-8-3-9-17-22;;;;/h1-19H;3*1H;/q-1;;;;+4/p-3. The second kappa shape index (κ2) is 12.2. The Kier molecular flexibility index (Phi) is 11.6. The first-order chi connectivity index (χ1) is 11.9. The molecule has 4 aromatic rings. The third-order valence-electron chi connectivity index (χ3n) is 4.72. The zero-order chi connectivity index (χ0) is 16.2. The minimum Gasteiger partial charge on any atom is -1.00 e. The van der Waals surface area contributed by atoms with Crippen LogP contribution in [0.1, 0.15) is 22.3 Å². The summed E-state index contributed by atoms with van der Waals surface area (Å²) >= 11 is 0. The van der Waals surface area contributed by atoms with Crippen LogP contribution >= 0.6 is 0 Å². The molecule has 0 radical (unpaired) electrons. The smallest absolute Gasteiger partial charge is 1.00 e. The number of hydrogen-bond donors (Lipinski definition) is 0. The molecule has 0 aliphatic heterocycles. The molecule has 0 aliphatic carbocycles. The van der Waals surface area contributed by atoms with Crippen LogP contribution in [-0.4, -0.2) is 0 Å². The molecule has 0 aliphatic rings. The van der Waals surface area contributed by atoms with E-state index in [0.717, 1.165) is 0 Å². The predicted octanol–water partition coefficient (Wildman–Crippen LogP) is -3.20. The molecule has 0 bridgehead atoms. The number of halogens is 3. The molecule has 0 atom stereocenters. The molecule has 0 unspecified atom stereocenters. The van der Waals surface area contributed by atoms with Gasteiger partial charge in [-0.05, 0) is 16.7 Å². The molecular weight excluding hydrogens is 442 g/mol. The van der Waals surface area contributed by atoms with E-state index < -0.39 is 0 Å². The number of hydrogen-bond acceptors (Lipinski definition) is 0. The van der Waals surface area contributed by atoms with Crippen molar-refractivity contribution < 1.29 is 58.9 Å². The van der Waals surface area contributed by atoms with Gasteiger partial charge in [0.1, 0.15) is 0 Å². The maximum Gasteiger partial charge on any atom is 4.00 e. The van der Waals surface area contributed by atoms with Gasteiger partial charge in [0.05, 0.1) is 0 Å². The molecule has 0 heterocycles. The van der Waals surface area contributed by atoms with Crippen molar-refractivity contribution in [2.24, 2.45) is 0 Å². The Morgan fingerprint density at radius 3 is 1.00 bits per heavy atom. The van der Waals surface area contributed by atoms with Gasteiger partial charge in [0, 0.05) is 5.41 Å². The first-order valence-electron chi connectivity index (χ1n) is 8.31. The maximum atomic E-state index is 2.23. The van der Waals surface area contributed by atoms with Crippen molar-refractivity contribution in [1.82, 2.24) is 0 Å². The van der Waals surface area contributed by atoms with Gasteiger partial charge >= 0.3 is 21.7 Å². The van der Waals surface area contributed by atoms with E-state index >= 15 is 0 Å². The zero-order valence-electron chi connectivity index (χ0n) is 15.1. The van der Waals surface area contributed by atoms with Crippen molar-refractivity contribution in [3.05, 3.63) is 138 Å². The van der Waals surface area contributed by atoms with Gasteiger partial charge in [0.15, 0.2) is 0 Å². The van der Waals surface area contributed by atoms with Crippen LogP contribution in [0.5, 0.6) is 0 Å². The van der Waals surface area contributed by atoms with E-state index in [9.17, 15) is 0 Å². The molecule has 0 saturated carbocycles. The summed E-state index contributed by atoms with van der Waals surface area (Å²) < 4.78 is 0. The Bertz CT molecular complexity index is 796. The monoisotopic (exact) mass is 460 g/mol. The normalized spacial score (nSPS) is 9.71. The van der Waals surface area contributed by atoms with E-state index in [2.05, 4.69) is 115 Å². The van der Waals surface area contributed by atoms with Gasteiger partial charge in [-0.1, -0.05) is 91.0 Å². The summed E-state index contributed by atoms with van der Waals surface area (Å²) in [5, 5.41) is 0. The summed E-state index contributed by atoms with van der Waals surface area (Å²) in [4.78, 5) is 0. The van der Waals surface area contributed by atoms with Gasteiger partial charge in [0.2, 0.25) is 0 Å². The van der Waals surface area contributed by atoms with Gasteiger partial charge in [-0.25, -0.2) is 12.1 Å². The molecule has 4 heteroatoms. The van der Waals surface area contributed by atoms with E-state index in [1.807, 2.05) is 0 Å². The van der Waals surface area contributed by atoms with Crippen molar-refractivity contribution in [3.8, 4) is 0 Å². The first kappa shape index (κ1) is 26.6. The van der Waals surface area contributed by atoms with Crippen molar-refractivity contribution in [3.63, 3.8) is 0 Å². The van der Waals surface area contributed by atoms with Crippen LogP contribution in [0.25, 0.3) is 0 Å². The summed E-state index contributed by atoms with van der Waals surface area (Å²) in [6.07, 6.45) is 0. The van der Waals surface area contributed by atoms with Gasteiger partial charge < -0.3 is 37.2 Å². The van der Waals surface area contributed by atoms with Crippen molar-refractivity contribution >= 4 is 0 Å². The minimum absolute atomic E-state index is 0. The van der Waals surface area contributed by atoms with Crippen molar-refractivity contribution in [2.75, 3.05) is 0 Å². The summed E-state index contributed by atoms with van der Waals surface area (Å²) in [5.74, 6) is 0.